The first kappa shape index (κ1) is 12.7. The van der Waals surface area contributed by atoms with Crippen LogP contribution in [-0.4, -0.2) is 0 Å². The molecule has 3 heteroatoms. The third-order valence-corrected chi connectivity index (χ3v) is 3.75. The van der Waals surface area contributed by atoms with Gasteiger partial charge in [-0.05, 0) is 42.3 Å². The van der Waals surface area contributed by atoms with E-state index in [1.165, 1.54) is 11.1 Å². The number of anilines is 1. The Morgan fingerprint density at radius 1 is 1.06 bits per heavy atom. The zero-order chi connectivity index (χ0) is 12.3. The van der Waals surface area contributed by atoms with Gasteiger partial charge >= 0.3 is 0 Å². The Bertz CT molecular complexity index is 523. The van der Waals surface area contributed by atoms with E-state index in [9.17, 15) is 0 Å². The predicted molar refractivity (Wildman–Crippen MR) is 80.3 cm³/mol. The Hall–Kier alpha value is -0.800. The molecule has 0 heterocycles. The van der Waals surface area contributed by atoms with Gasteiger partial charge in [-0.2, -0.15) is 0 Å². The maximum Gasteiger partial charge on any atom is 0.0411 e. The van der Waals surface area contributed by atoms with E-state index >= 15 is 0 Å². The van der Waals surface area contributed by atoms with Crippen LogP contribution in [0.15, 0.2) is 51.4 Å². The fourth-order valence-corrected chi connectivity index (χ4v) is 2.62. The molecule has 0 aliphatic carbocycles. The first-order valence-corrected chi connectivity index (χ1v) is 6.98. The third kappa shape index (κ3) is 3.58. The fourth-order valence-electron chi connectivity index (χ4n) is 1.59. The molecule has 0 unspecified atom stereocenters. The largest absolute Gasteiger partial charge is 0.381 e. The highest BCUT2D eigenvalue weighted by Gasteiger charge is 2.00. The number of halogens is 2. The van der Waals surface area contributed by atoms with Crippen molar-refractivity contribution in [3.63, 3.8) is 0 Å². The molecule has 0 aliphatic heterocycles. The number of benzene rings is 2. The van der Waals surface area contributed by atoms with Gasteiger partial charge in [-0.25, -0.2) is 0 Å². The second kappa shape index (κ2) is 5.69. The zero-order valence-electron chi connectivity index (χ0n) is 9.50. The topological polar surface area (TPSA) is 12.0 Å². The van der Waals surface area contributed by atoms with E-state index < -0.39 is 0 Å². The molecule has 1 N–H and O–H groups in total. The highest BCUT2D eigenvalue weighted by molar-refractivity contribution is 9.10. The molecule has 0 aromatic heterocycles. The molecule has 0 spiro atoms. The van der Waals surface area contributed by atoms with Crippen LogP contribution in [0, 0.1) is 6.92 Å². The van der Waals surface area contributed by atoms with Gasteiger partial charge in [0.25, 0.3) is 0 Å². The van der Waals surface area contributed by atoms with Gasteiger partial charge in [0.2, 0.25) is 0 Å². The Morgan fingerprint density at radius 2 is 1.88 bits per heavy atom. The van der Waals surface area contributed by atoms with Crippen LogP contribution in [-0.2, 0) is 6.54 Å². The summed E-state index contributed by atoms with van der Waals surface area (Å²) in [5.74, 6) is 0. The van der Waals surface area contributed by atoms with E-state index in [-0.39, 0.29) is 0 Å². The van der Waals surface area contributed by atoms with Crippen molar-refractivity contribution in [2.45, 2.75) is 13.5 Å². The van der Waals surface area contributed by atoms with E-state index in [0.717, 1.165) is 21.2 Å². The molecule has 0 bridgehead atoms. The second-order valence-electron chi connectivity index (χ2n) is 3.96. The zero-order valence-corrected chi connectivity index (χ0v) is 12.7. The highest BCUT2D eigenvalue weighted by atomic mass is 79.9. The van der Waals surface area contributed by atoms with Gasteiger partial charge in [0.15, 0.2) is 0 Å². The molecular formula is C14H13Br2N. The lowest BCUT2D eigenvalue weighted by molar-refractivity contribution is 1.13. The van der Waals surface area contributed by atoms with Crippen LogP contribution in [0.1, 0.15) is 11.1 Å². The number of hydrogen-bond donors (Lipinski definition) is 1. The summed E-state index contributed by atoms with van der Waals surface area (Å²) in [6.45, 7) is 2.91. The smallest absolute Gasteiger partial charge is 0.0411 e. The van der Waals surface area contributed by atoms with Crippen molar-refractivity contribution in [2.24, 2.45) is 0 Å². The van der Waals surface area contributed by atoms with E-state index in [2.05, 4.69) is 74.4 Å². The van der Waals surface area contributed by atoms with Crippen LogP contribution in [0.2, 0.25) is 0 Å². The lowest BCUT2D eigenvalue weighted by atomic mass is 10.1. The molecule has 0 atom stereocenters. The summed E-state index contributed by atoms with van der Waals surface area (Å²) < 4.78 is 2.24. The average molecular weight is 355 g/mol. The fraction of sp³-hybridized carbons (Fsp3) is 0.143. The van der Waals surface area contributed by atoms with Crippen LogP contribution < -0.4 is 5.32 Å². The minimum Gasteiger partial charge on any atom is -0.381 e. The predicted octanol–water partition coefficient (Wildman–Crippen LogP) is 5.13. The van der Waals surface area contributed by atoms with Crippen LogP contribution in [0.25, 0.3) is 0 Å². The molecule has 2 aromatic rings. The lowest BCUT2D eigenvalue weighted by Crippen LogP contribution is -2.00. The third-order valence-electron chi connectivity index (χ3n) is 2.52. The van der Waals surface area contributed by atoms with Crippen LogP contribution >= 0.6 is 31.9 Å². The standard InChI is InChI=1S/C14H13Br2N/c1-10-5-6-11(14(16)7-10)9-17-13-4-2-3-12(15)8-13/h2-8,17H,9H2,1H3. The average Bonchev–Trinajstić information content (AvgIpc) is 2.28. The molecule has 0 aliphatic rings. The van der Waals surface area contributed by atoms with Gasteiger partial charge in [-0.3, -0.25) is 0 Å². The van der Waals surface area contributed by atoms with E-state index in [0.29, 0.717) is 0 Å². The molecule has 2 aromatic carbocycles. The quantitative estimate of drug-likeness (QED) is 0.805. The minimum absolute atomic E-state index is 0.817. The van der Waals surface area contributed by atoms with Crippen molar-refractivity contribution < 1.29 is 0 Å². The van der Waals surface area contributed by atoms with Crippen molar-refractivity contribution in [3.05, 3.63) is 62.5 Å². The molecule has 0 radical (unpaired) electrons. The van der Waals surface area contributed by atoms with Crippen molar-refractivity contribution >= 4 is 37.5 Å². The molecule has 0 fully saturated rings. The summed E-state index contributed by atoms with van der Waals surface area (Å²) in [7, 11) is 0. The van der Waals surface area contributed by atoms with Crippen LogP contribution in [0.5, 0.6) is 0 Å². The number of aryl methyl sites for hydroxylation is 1. The summed E-state index contributed by atoms with van der Waals surface area (Å²) in [6, 6.07) is 14.6. The summed E-state index contributed by atoms with van der Waals surface area (Å²) >= 11 is 7.05. The number of hydrogen-bond acceptors (Lipinski definition) is 1. The highest BCUT2D eigenvalue weighted by Crippen LogP contribution is 2.21. The van der Waals surface area contributed by atoms with Crippen molar-refractivity contribution in [1.82, 2.24) is 0 Å². The van der Waals surface area contributed by atoms with Gasteiger partial charge in [0.1, 0.15) is 0 Å². The van der Waals surface area contributed by atoms with Crippen molar-refractivity contribution in [3.8, 4) is 0 Å². The monoisotopic (exact) mass is 353 g/mol. The Balaban J connectivity index is 2.07. The van der Waals surface area contributed by atoms with Crippen LogP contribution in [0.4, 0.5) is 5.69 Å². The molecule has 1 nitrogen and oxygen atoms in total. The van der Waals surface area contributed by atoms with E-state index in [4.69, 9.17) is 0 Å². The SMILES string of the molecule is Cc1ccc(CNc2cccc(Br)c2)c(Br)c1. The Morgan fingerprint density at radius 3 is 2.59 bits per heavy atom. The first-order chi connectivity index (χ1) is 8.15. The van der Waals surface area contributed by atoms with Gasteiger partial charge in [0.05, 0.1) is 0 Å². The molecule has 88 valence electrons. The van der Waals surface area contributed by atoms with Gasteiger partial charge < -0.3 is 5.32 Å². The lowest BCUT2D eigenvalue weighted by Gasteiger charge is -2.09. The number of rotatable bonds is 3. The van der Waals surface area contributed by atoms with E-state index in [1.54, 1.807) is 0 Å². The van der Waals surface area contributed by atoms with E-state index in [1.807, 2.05) is 12.1 Å². The maximum atomic E-state index is 3.59. The summed E-state index contributed by atoms with van der Waals surface area (Å²) in [6.07, 6.45) is 0. The summed E-state index contributed by atoms with van der Waals surface area (Å²) in [5.41, 5.74) is 3.64. The second-order valence-corrected chi connectivity index (χ2v) is 5.73. The van der Waals surface area contributed by atoms with Crippen molar-refractivity contribution in [1.29, 1.82) is 0 Å². The van der Waals surface area contributed by atoms with Gasteiger partial charge in [0, 0.05) is 21.2 Å². The van der Waals surface area contributed by atoms with Gasteiger partial charge in [-0.1, -0.05) is 50.1 Å². The van der Waals surface area contributed by atoms with Gasteiger partial charge in [-0.15, -0.1) is 0 Å². The van der Waals surface area contributed by atoms with Crippen LogP contribution in [0.3, 0.4) is 0 Å². The van der Waals surface area contributed by atoms with Crippen molar-refractivity contribution in [2.75, 3.05) is 5.32 Å². The first-order valence-electron chi connectivity index (χ1n) is 5.39. The molecule has 0 saturated heterocycles. The Kier molecular flexibility index (Phi) is 4.24. The maximum absolute atomic E-state index is 3.59. The number of nitrogens with one attached hydrogen (secondary N) is 1. The molecular weight excluding hydrogens is 342 g/mol. The molecule has 2 rings (SSSR count). The normalized spacial score (nSPS) is 10.3. The summed E-state index contributed by atoms with van der Waals surface area (Å²) in [4.78, 5) is 0. The Labute approximate surface area is 119 Å². The molecule has 17 heavy (non-hydrogen) atoms. The minimum atomic E-state index is 0.817. The molecule has 0 amide bonds. The summed E-state index contributed by atoms with van der Waals surface area (Å²) in [5, 5.41) is 3.40. The molecule has 0 saturated carbocycles.